The third-order valence-corrected chi connectivity index (χ3v) is 4.44. The van der Waals surface area contributed by atoms with Gasteiger partial charge in [0, 0.05) is 11.8 Å². The van der Waals surface area contributed by atoms with E-state index in [9.17, 15) is 9.59 Å². The van der Waals surface area contributed by atoms with Crippen LogP contribution in [0.25, 0.3) is 6.08 Å². The molecule has 0 spiro atoms. The molecule has 2 aromatic carbocycles. The Balaban J connectivity index is 1.93. The second-order valence-electron chi connectivity index (χ2n) is 7.71. The minimum Gasteiger partial charge on any atom is -0.490 e. The molecule has 2 amide bonds. The SMILES string of the molecule is CCOc1cc(/C=C/C(=O)NCC(=O)Nc2c(C)cccc2C)ccc1OCC(C)C. The summed E-state index contributed by atoms with van der Waals surface area (Å²) in [5.41, 5.74) is 3.53. The molecule has 0 aliphatic heterocycles. The lowest BCUT2D eigenvalue weighted by Crippen LogP contribution is -2.32. The summed E-state index contributed by atoms with van der Waals surface area (Å²) < 4.78 is 11.4. The quantitative estimate of drug-likeness (QED) is 0.551. The van der Waals surface area contributed by atoms with Gasteiger partial charge in [0.05, 0.1) is 19.8 Å². The summed E-state index contributed by atoms with van der Waals surface area (Å²) in [5.74, 6) is 1.10. The van der Waals surface area contributed by atoms with Gasteiger partial charge in [-0.15, -0.1) is 0 Å². The number of aryl methyl sites for hydroxylation is 2. The van der Waals surface area contributed by atoms with Gasteiger partial charge in [0.1, 0.15) is 0 Å². The van der Waals surface area contributed by atoms with E-state index < -0.39 is 0 Å². The lowest BCUT2D eigenvalue weighted by molar-refractivity contribution is -0.121. The van der Waals surface area contributed by atoms with E-state index in [-0.39, 0.29) is 18.4 Å². The molecule has 2 rings (SSSR count). The van der Waals surface area contributed by atoms with Crippen LogP contribution in [0, 0.1) is 19.8 Å². The Hall–Kier alpha value is -3.28. The maximum Gasteiger partial charge on any atom is 0.244 e. The van der Waals surface area contributed by atoms with Crippen molar-refractivity contribution in [1.82, 2.24) is 5.32 Å². The number of carbonyl (C=O) groups is 2. The van der Waals surface area contributed by atoms with Crippen molar-refractivity contribution >= 4 is 23.6 Å². The molecule has 0 saturated carbocycles. The fourth-order valence-electron chi connectivity index (χ4n) is 2.87. The monoisotopic (exact) mass is 424 g/mol. The van der Waals surface area contributed by atoms with E-state index in [1.165, 1.54) is 6.08 Å². The van der Waals surface area contributed by atoms with Crippen molar-refractivity contribution in [3.63, 3.8) is 0 Å². The van der Waals surface area contributed by atoms with Crippen molar-refractivity contribution in [2.24, 2.45) is 5.92 Å². The molecule has 2 N–H and O–H groups in total. The van der Waals surface area contributed by atoms with Crippen LogP contribution in [-0.2, 0) is 9.59 Å². The van der Waals surface area contributed by atoms with E-state index in [4.69, 9.17) is 9.47 Å². The largest absolute Gasteiger partial charge is 0.490 e. The molecule has 0 radical (unpaired) electrons. The molecule has 2 aromatic rings. The van der Waals surface area contributed by atoms with Gasteiger partial charge in [-0.2, -0.15) is 0 Å². The summed E-state index contributed by atoms with van der Waals surface area (Å²) >= 11 is 0. The van der Waals surface area contributed by atoms with Crippen LogP contribution in [0.15, 0.2) is 42.5 Å². The van der Waals surface area contributed by atoms with Crippen molar-refractivity contribution in [1.29, 1.82) is 0 Å². The molecule has 0 unspecified atom stereocenters. The zero-order valence-corrected chi connectivity index (χ0v) is 19.0. The Morgan fingerprint density at radius 3 is 2.39 bits per heavy atom. The van der Waals surface area contributed by atoms with Crippen LogP contribution in [0.3, 0.4) is 0 Å². The normalized spacial score (nSPS) is 10.9. The number of amides is 2. The Morgan fingerprint density at radius 2 is 1.74 bits per heavy atom. The Morgan fingerprint density at radius 1 is 1.03 bits per heavy atom. The lowest BCUT2D eigenvalue weighted by Gasteiger charge is -2.14. The van der Waals surface area contributed by atoms with Crippen LogP contribution in [0.2, 0.25) is 0 Å². The van der Waals surface area contributed by atoms with Gasteiger partial charge in [0.15, 0.2) is 11.5 Å². The van der Waals surface area contributed by atoms with Crippen molar-refractivity contribution in [2.45, 2.75) is 34.6 Å². The van der Waals surface area contributed by atoms with Crippen LogP contribution < -0.4 is 20.1 Å². The maximum absolute atomic E-state index is 12.2. The molecule has 0 atom stereocenters. The first-order valence-electron chi connectivity index (χ1n) is 10.5. The molecule has 6 nitrogen and oxygen atoms in total. The summed E-state index contributed by atoms with van der Waals surface area (Å²) in [6, 6.07) is 11.3. The van der Waals surface area contributed by atoms with Gasteiger partial charge in [0.2, 0.25) is 11.8 Å². The van der Waals surface area contributed by atoms with Crippen LogP contribution in [0.4, 0.5) is 5.69 Å². The second-order valence-corrected chi connectivity index (χ2v) is 7.71. The molecule has 0 bridgehead atoms. The summed E-state index contributed by atoms with van der Waals surface area (Å²) in [7, 11) is 0. The Labute approximate surface area is 184 Å². The number of carbonyl (C=O) groups excluding carboxylic acids is 2. The first-order valence-corrected chi connectivity index (χ1v) is 10.5. The number of hydrogen-bond acceptors (Lipinski definition) is 4. The summed E-state index contributed by atoms with van der Waals surface area (Å²) in [4.78, 5) is 24.3. The Bertz CT molecular complexity index is 915. The predicted molar refractivity (Wildman–Crippen MR) is 125 cm³/mol. The van der Waals surface area contributed by atoms with Gasteiger partial charge in [-0.25, -0.2) is 0 Å². The fraction of sp³-hybridized carbons (Fsp3) is 0.360. The number of nitrogens with one attached hydrogen (secondary N) is 2. The van der Waals surface area contributed by atoms with Gasteiger partial charge in [0.25, 0.3) is 0 Å². The standard InChI is InChI=1S/C25H32N2O4/c1-6-30-22-14-20(10-12-21(22)31-16-17(2)3)11-13-23(28)26-15-24(29)27-25-18(4)8-7-9-19(25)5/h7-14,17H,6,15-16H2,1-5H3,(H,26,28)(H,27,29)/b13-11+. The van der Waals surface area contributed by atoms with Crippen molar-refractivity contribution in [3.8, 4) is 11.5 Å². The molecule has 166 valence electrons. The van der Waals surface area contributed by atoms with E-state index in [1.54, 1.807) is 6.08 Å². The predicted octanol–water partition coefficient (Wildman–Crippen LogP) is 4.51. The van der Waals surface area contributed by atoms with Crippen LogP contribution in [0.5, 0.6) is 11.5 Å². The number of ether oxygens (including phenoxy) is 2. The van der Waals surface area contributed by atoms with Crippen LogP contribution >= 0.6 is 0 Å². The number of benzene rings is 2. The number of hydrogen-bond donors (Lipinski definition) is 2. The molecular formula is C25H32N2O4. The minimum atomic E-state index is -0.352. The summed E-state index contributed by atoms with van der Waals surface area (Å²) in [6.07, 6.45) is 3.07. The number of anilines is 1. The summed E-state index contributed by atoms with van der Waals surface area (Å²) in [5, 5.41) is 5.45. The Kier molecular flexibility index (Phi) is 9.13. The molecule has 0 aromatic heterocycles. The average molecular weight is 425 g/mol. The summed E-state index contributed by atoms with van der Waals surface area (Å²) in [6.45, 7) is 10.9. The highest BCUT2D eigenvalue weighted by molar-refractivity contribution is 5.98. The maximum atomic E-state index is 12.2. The molecule has 0 aliphatic carbocycles. The zero-order chi connectivity index (χ0) is 22.8. The fourth-order valence-corrected chi connectivity index (χ4v) is 2.87. The van der Waals surface area contributed by atoms with Crippen molar-refractivity contribution in [2.75, 3.05) is 25.1 Å². The molecule has 0 saturated heterocycles. The van der Waals surface area contributed by atoms with Crippen LogP contribution in [0.1, 0.15) is 37.5 Å². The van der Waals surface area contributed by atoms with Gasteiger partial charge in [-0.3, -0.25) is 9.59 Å². The van der Waals surface area contributed by atoms with Gasteiger partial charge in [-0.05, 0) is 61.6 Å². The van der Waals surface area contributed by atoms with Gasteiger partial charge < -0.3 is 20.1 Å². The van der Waals surface area contributed by atoms with E-state index >= 15 is 0 Å². The van der Waals surface area contributed by atoms with E-state index in [1.807, 2.05) is 57.2 Å². The molecule has 0 aliphatic rings. The first-order chi connectivity index (χ1) is 14.8. The van der Waals surface area contributed by atoms with E-state index in [2.05, 4.69) is 24.5 Å². The first kappa shape index (κ1) is 24.0. The van der Waals surface area contributed by atoms with Gasteiger partial charge in [-0.1, -0.05) is 38.1 Å². The van der Waals surface area contributed by atoms with Crippen molar-refractivity contribution < 1.29 is 19.1 Å². The topological polar surface area (TPSA) is 76.7 Å². The van der Waals surface area contributed by atoms with Crippen molar-refractivity contribution in [3.05, 3.63) is 59.2 Å². The highest BCUT2D eigenvalue weighted by Crippen LogP contribution is 2.29. The second kappa shape index (κ2) is 11.8. The van der Waals surface area contributed by atoms with Crippen LogP contribution in [-0.4, -0.2) is 31.6 Å². The molecule has 0 fully saturated rings. The minimum absolute atomic E-state index is 0.108. The zero-order valence-electron chi connectivity index (χ0n) is 19.0. The van der Waals surface area contributed by atoms with E-state index in [0.717, 1.165) is 22.4 Å². The smallest absolute Gasteiger partial charge is 0.244 e. The third kappa shape index (κ3) is 7.81. The average Bonchev–Trinajstić information content (AvgIpc) is 2.73. The highest BCUT2D eigenvalue weighted by Gasteiger charge is 2.09. The van der Waals surface area contributed by atoms with E-state index in [0.29, 0.717) is 30.6 Å². The molecule has 6 heteroatoms. The molecule has 31 heavy (non-hydrogen) atoms. The molecule has 0 heterocycles. The highest BCUT2D eigenvalue weighted by atomic mass is 16.5. The van der Waals surface area contributed by atoms with Gasteiger partial charge >= 0.3 is 0 Å². The number of rotatable bonds is 10. The lowest BCUT2D eigenvalue weighted by atomic mass is 10.1. The third-order valence-electron chi connectivity index (χ3n) is 4.44. The number of para-hydroxylation sites is 1. The molecular weight excluding hydrogens is 392 g/mol.